The van der Waals surface area contributed by atoms with Gasteiger partial charge in [-0.2, -0.15) is 0 Å². The minimum atomic E-state index is -0.580. The van der Waals surface area contributed by atoms with Crippen LogP contribution < -0.4 is 5.32 Å². The molecular weight excluding hydrogens is 323 g/mol. The van der Waals surface area contributed by atoms with Crippen LogP contribution in [0.4, 0.5) is 10.3 Å². The number of anilines is 1. The average molecular weight is 346 g/mol. The molecule has 0 unspecified atom stereocenters. The molecular formula is C18H23FN4O2. The molecule has 0 bridgehead atoms. The van der Waals surface area contributed by atoms with E-state index in [-0.39, 0.29) is 11.2 Å². The number of hydrogen-bond donors (Lipinski definition) is 3. The third kappa shape index (κ3) is 4.46. The number of phenols is 1. The Morgan fingerprint density at radius 2 is 2.00 bits per heavy atom. The first-order chi connectivity index (χ1) is 11.7. The molecule has 0 aliphatic heterocycles. The third-order valence-electron chi connectivity index (χ3n) is 4.02. The Bertz CT molecular complexity index is 789. The minimum Gasteiger partial charge on any atom is -0.505 e. The lowest BCUT2D eigenvalue weighted by atomic mass is 10.2. The topological polar surface area (TPSA) is 95.7 Å². The van der Waals surface area contributed by atoms with E-state index in [1.165, 1.54) is 6.07 Å². The minimum absolute atomic E-state index is 0. The zero-order chi connectivity index (χ0) is 16.9. The summed E-state index contributed by atoms with van der Waals surface area (Å²) in [5.41, 5.74) is 2.52. The highest BCUT2D eigenvalue weighted by Gasteiger charge is 2.10. The van der Waals surface area contributed by atoms with Crippen LogP contribution >= 0.6 is 0 Å². The Balaban J connectivity index is 0.00000225. The van der Waals surface area contributed by atoms with E-state index in [1.54, 1.807) is 12.1 Å². The van der Waals surface area contributed by atoms with Crippen LogP contribution in [0, 0.1) is 5.82 Å². The monoisotopic (exact) mass is 346 g/mol. The number of hydrogen-bond acceptors (Lipinski definition) is 4. The maximum Gasteiger partial charge on any atom is 0.201 e. The summed E-state index contributed by atoms with van der Waals surface area (Å²) in [6.45, 7) is 4.80. The zero-order valence-electron chi connectivity index (χ0n) is 14.1. The summed E-state index contributed by atoms with van der Waals surface area (Å²) in [6.07, 6.45) is 0. The molecule has 0 atom stereocenters. The first-order valence-electron chi connectivity index (χ1n) is 8.04. The highest BCUT2D eigenvalue weighted by Crippen LogP contribution is 2.22. The molecule has 3 rings (SSSR count). The van der Waals surface area contributed by atoms with E-state index in [2.05, 4.69) is 20.2 Å². The number of H-pyrrole nitrogens is 1. The Morgan fingerprint density at radius 1 is 1.20 bits per heavy atom. The van der Waals surface area contributed by atoms with Gasteiger partial charge < -0.3 is 20.9 Å². The lowest BCUT2D eigenvalue weighted by Gasteiger charge is -2.21. The van der Waals surface area contributed by atoms with Gasteiger partial charge in [-0.25, -0.2) is 9.37 Å². The third-order valence-corrected chi connectivity index (χ3v) is 4.02. The van der Waals surface area contributed by atoms with Gasteiger partial charge in [0.05, 0.1) is 11.0 Å². The summed E-state index contributed by atoms with van der Waals surface area (Å²) < 4.78 is 13.4. The molecule has 0 saturated heterocycles. The van der Waals surface area contributed by atoms with Gasteiger partial charge in [-0.1, -0.05) is 31.2 Å². The first kappa shape index (κ1) is 18.7. The van der Waals surface area contributed by atoms with Crippen LogP contribution in [-0.2, 0) is 6.54 Å². The molecule has 0 spiro atoms. The number of likely N-dealkylation sites (N-methyl/N-ethyl adjacent to an activating group) is 1. The summed E-state index contributed by atoms with van der Waals surface area (Å²) in [6, 6.07) is 12.5. The Kier molecular flexibility index (Phi) is 6.32. The maximum absolute atomic E-state index is 13.4. The van der Waals surface area contributed by atoms with Crippen molar-refractivity contribution in [3.05, 3.63) is 53.8 Å². The van der Waals surface area contributed by atoms with Crippen LogP contribution in [0.2, 0.25) is 0 Å². The molecule has 5 N–H and O–H groups in total. The van der Waals surface area contributed by atoms with E-state index in [4.69, 9.17) is 0 Å². The van der Waals surface area contributed by atoms with Gasteiger partial charge in [-0.05, 0) is 24.7 Å². The molecule has 2 aromatic carbocycles. The molecule has 3 aromatic rings. The molecule has 6 nitrogen and oxygen atoms in total. The number of para-hydroxylation sites is 3. The second-order valence-electron chi connectivity index (χ2n) is 5.65. The van der Waals surface area contributed by atoms with Gasteiger partial charge in [0, 0.05) is 25.2 Å². The van der Waals surface area contributed by atoms with Crippen molar-refractivity contribution in [2.75, 3.05) is 25.0 Å². The Morgan fingerprint density at radius 3 is 2.76 bits per heavy atom. The van der Waals surface area contributed by atoms with Crippen molar-refractivity contribution in [1.29, 1.82) is 0 Å². The predicted molar refractivity (Wildman–Crippen MR) is 97.2 cm³/mol. The largest absolute Gasteiger partial charge is 0.505 e. The molecule has 0 saturated carbocycles. The standard InChI is InChI=1S/C18H21FN4O.H2O/c1-2-23(12-13-6-5-7-14(19)17(13)24)11-10-20-18-21-15-8-3-4-9-16(15)22-18;/h3-9,24H,2,10-12H2,1H3,(H2,20,21,22);1H2. The van der Waals surface area contributed by atoms with Crippen molar-refractivity contribution in [2.24, 2.45) is 0 Å². The van der Waals surface area contributed by atoms with Crippen LogP contribution in [0.25, 0.3) is 11.0 Å². The van der Waals surface area contributed by atoms with Crippen molar-refractivity contribution < 1.29 is 15.0 Å². The van der Waals surface area contributed by atoms with Crippen LogP contribution in [0.1, 0.15) is 12.5 Å². The smallest absolute Gasteiger partial charge is 0.201 e. The highest BCUT2D eigenvalue weighted by molar-refractivity contribution is 5.77. The number of aromatic amines is 1. The number of imidazole rings is 1. The van der Waals surface area contributed by atoms with Crippen molar-refractivity contribution in [3.63, 3.8) is 0 Å². The number of fused-ring (bicyclic) bond motifs is 1. The van der Waals surface area contributed by atoms with E-state index in [0.29, 0.717) is 18.7 Å². The van der Waals surface area contributed by atoms with E-state index in [1.807, 2.05) is 31.2 Å². The van der Waals surface area contributed by atoms with E-state index >= 15 is 0 Å². The fourth-order valence-electron chi connectivity index (χ4n) is 2.65. The van der Waals surface area contributed by atoms with Crippen molar-refractivity contribution in [3.8, 4) is 5.75 Å². The second kappa shape index (κ2) is 8.46. The van der Waals surface area contributed by atoms with Crippen LogP contribution in [-0.4, -0.2) is 45.1 Å². The fourth-order valence-corrected chi connectivity index (χ4v) is 2.65. The number of rotatable bonds is 7. The number of phenolic OH excluding ortho intramolecular Hbond substituents is 1. The summed E-state index contributed by atoms with van der Waals surface area (Å²) in [4.78, 5) is 9.82. The maximum atomic E-state index is 13.4. The van der Waals surface area contributed by atoms with Gasteiger partial charge in [0.1, 0.15) is 0 Å². The molecule has 25 heavy (non-hydrogen) atoms. The average Bonchev–Trinajstić information content (AvgIpc) is 3.00. The van der Waals surface area contributed by atoms with Gasteiger partial charge in [0.15, 0.2) is 11.6 Å². The number of halogens is 1. The molecule has 0 fully saturated rings. The zero-order valence-corrected chi connectivity index (χ0v) is 14.1. The van der Waals surface area contributed by atoms with Crippen LogP contribution in [0.3, 0.4) is 0 Å². The molecule has 1 aromatic heterocycles. The Labute approximate surface area is 145 Å². The number of aromatic nitrogens is 2. The van der Waals surface area contributed by atoms with E-state index in [9.17, 15) is 9.50 Å². The summed E-state index contributed by atoms with van der Waals surface area (Å²) in [7, 11) is 0. The van der Waals surface area contributed by atoms with Gasteiger partial charge in [-0.15, -0.1) is 0 Å². The molecule has 1 heterocycles. The molecule has 0 aliphatic carbocycles. The molecule has 0 amide bonds. The quantitative estimate of drug-likeness (QED) is 0.612. The van der Waals surface area contributed by atoms with Crippen molar-refractivity contribution in [1.82, 2.24) is 14.9 Å². The summed E-state index contributed by atoms with van der Waals surface area (Å²) in [5, 5.41) is 13.1. The number of benzene rings is 2. The SMILES string of the molecule is CCN(CCNc1nc2ccccc2[nH]1)Cc1cccc(F)c1O.O. The second-order valence-corrected chi connectivity index (χ2v) is 5.65. The molecule has 0 radical (unpaired) electrons. The van der Waals surface area contributed by atoms with Crippen molar-refractivity contribution >= 4 is 17.0 Å². The summed E-state index contributed by atoms with van der Waals surface area (Å²) >= 11 is 0. The van der Waals surface area contributed by atoms with Gasteiger partial charge in [0.25, 0.3) is 0 Å². The van der Waals surface area contributed by atoms with Crippen LogP contribution in [0.15, 0.2) is 42.5 Å². The number of aromatic hydroxyl groups is 1. The number of nitrogens with zero attached hydrogens (tertiary/aromatic N) is 2. The predicted octanol–water partition coefficient (Wildman–Crippen LogP) is 2.52. The molecule has 0 aliphatic rings. The highest BCUT2D eigenvalue weighted by atomic mass is 19.1. The molecule has 7 heteroatoms. The summed E-state index contributed by atoms with van der Waals surface area (Å²) in [5.74, 6) is -0.106. The number of nitrogens with one attached hydrogen (secondary N) is 2. The van der Waals surface area contributed by atoms with E-state index in [0.717, 1.165) is 30.1 Å². The van der Waals surface area contributed by atoms with Crippen LogP contribution in [0.5, 0.6) is 5.75 Å². The van der Waals surface area contributed by atoms with E-state index < -0.39 is 5.82 Å². The first-order valence-corrected chi connectivity index (χ1v) is 8.04. The van der Waals surface area contributed by atoms with Gasteiger partial charge in [-0.3, -0.25) is 4.90 Å². The lowest BCUT2D eigenvalue weighted by molar-refractivity contribution is 0.284. The normalized spacial score (nSPS) is 10.8. The van der Waals surface area contributed by atoms with Gasteiger partial charge in [0.2, 0.25) is 5.95 Å². The Hall–Kier alpha value is -2.64. The fraction of sp³-hybridized carbons (Fsp3) is 0.278. The molecule has 134 valence electrons. The van der Waals surface area contributed by atoms with Crippen molar-refractivity contribution in [2.45, 2.75) is 13.5 Å². The van der Waals surface area contributed by atoms with Gasteiger partial charge >= 0.3 is 0 Å². The lowest BCUT2D eigenvalue weighted by Crippen LogP contribution is -2.28.